The molecule has 7 heteroatoms. The van der Waals surface area contributed by atoms with Gasteiger partial charge in [0.05, 0.1) is 30.4 Å². The number of rotatable bonds is 5. The summed E-state index contributed by atoms with van der Waals surface area (Å²) in [5.74, 6) is -0.317. The highest BCUT2D eigenvalue weighted by Gasteiger charge is 2.09. The lowest BCUT2D eigenvalue weighted by Gasteiger charge is -2.08. The number of aromatic nitrogens is 2. The smallest absolute Gasteiger partial charge is 0.261 e. The molecule has 3 aromatic rings. The molecule has 128 valence electrons. The van der Waals surface area contributed by atoms with E-state index in [1.54, 1.807) is 30.3 Å². The summed E-state index contributed by atoms with van der Waals surface area (Å²) in [5, 5.41) is 12.4. The number of hydrogen-bond acceptors (Lipinski definition) is 4. The third-order valence-corrected chi connectivity index (χ3v) is 4.00. The van der Waals surface area contributed by atoms with Gasteiger partial charge in [-0.15, -0.1) is 0 Å². The van der Waals surface area contributed by atoms with Crippen molar-refractivity contribution < 1.29 is 9.90 Å². The molecular weight excluding hydrogens is 342 g/mol. The highest BCUT2D eigenvalue weighted by Crippen LogP contribution is 2.12. The van der Waals surface area contributed by atoms with Crippen molar-refractivity contribution in [1.29, 1.82) is 0 Å². The van der Waals surface area contributed by atoms with Gasteiger partial charge >= 0.3 is 0 Å². The number of amides is 1. The Balaban J connectivity index is 1.91. The van der Waals surface area contributed by atoms with Gasteiger partial charge in [0, 0.05) is 17.1 Å². The van der Waals surface area contributed by atoms with E-state index in [9.17, 15) is 9.59 Å². The van der Waals surface area contributed by atoms with E-state index in [1.807, 2.05) is 12.1 Å². The van der Waals surface area contributed by atoms with Gasteiger partial charge in [-0.2, -0.15) is 0 Å². The summed E-state index contributed by atoms with van der Waals surface area (Å²) in [4.78, 5) is 28.8. The van der Waals surface area contributed by atoms with Gasteiger partial charge in [0.2, 0.25) is 0 Å². The summed E-state index contributed by atoms with van der Waals surface area (Å²) < 4.78 is 1.51. The van der Waals surface area contributed by atoms with Crippen LogP contribution in [0.1, 0.15) is 15.9 Å². The minimum atomic E-state index is -0.317. The third kappa shape index (κ3) is 3.87. The number of nitrogens with zero attached hydrogens (tertiary/aromatic N) is 2. The average Bonchev–Trinajstić information content (AvgIpc) is 2.63. The second kappa shape index (κ2) is 7.46. The molecule has 0 spiro atoms. The van der Waals surface area contributed by atoms with Gasteiger partial charge in [-0.3, -0.25) is 14.2 Å². The van der Waals surface area contributed by atoms with Crippen molar-refractivity contribution in [2.24, 2.45) is 0 Å². The van der Waals surface area contributed by atoms with Crippen LogP contribution in [0.15, 0.2) is 53.6 Å². The largest absolute Gasteiger partial charge is 0.395 e. The van der Waals surface area contributed by atoms with Crippen molar-refractivity contribution in [1.82, 2.24) is 14.9 Å². The van der Waals surface area contributed by atoms with E-state index in [4.69, 9.17) is 16.7 Å². The molecule has 6 nitrogen and oxygen atoms in total. The lowest BCUT2D eigenvalue weighted by molar-refractivity contribution is 0.0945. The molecule has 1 heterocycles. The summed E-state index contributed by atoms with van der Waals surface area (Å²) in [6.45, 7) is 0.428. The molecule has 1 amide bonds. The summed E-state index contributed by atoms with van der Waals surface area (Å²) in [5.41, 5.74) is 1.60. The molecule has 2 N–H and O–H groups in total. The standard InChI is InChI=1S/C18H16ClN3O3/c19-14-4-1-12(2-5-14)10-22-11-21-16-9-13(17(24)20-7-8-23)3-6-15(16)18(22)25/h1-6,9,11,23H,7-8,10H2,(H,20,24). The molecule has 0 aliphatic rings. The zero-order valence-electron chi connectivity index (χ0n) is 13.3. The molecule has 0 saturated carbocycles. The van der Waals surface area contributed by atoms with Crippen LogP contribution in [0.5, 0.6) is 0 Å². The Hall–Kier alpha value is -2.70. The molecule has 1 aromatic heterocycles. The Morgan fingerprint density at radius 2 is 1.96 bits per heavy atom. The Bertz CT molecular complexity index is 967. The topological polar surface area (TPSA) is 84.2 Å². The predicted octanol–water partition coefficient (Wildman–Crippen LogP) is 1.82. The van der Waals surface area contributed by atoms with Crippen LogP contribution in [-0.2, 0) is 6.54 Å². The minimum Gasteiger partial charge on any atom is -0.395 e. The Morgan fingerprint density at radius 3 is 2.68 bits per heavy atom. The van der Waals surface area contributed by atoms with Crippen molar-refractivity contribution in [2.75, 3.05) is 13.2 Å². The van der Waals surface area contributed by atoms with E-state index >= 15 is 0 Å². The molecule has 0 bridgehead atoms. The molecular formula is C18H16ClN3O3. The molecule has 0 atom stereocenters. The number of fused-ring (bicyclic) bond motifs is 1. The fourth-order valence-electron chi connectivity index (χ4n) is 2.47. The van der Waals surface area contributed by atoms with Gasteiger partial charge in [0.1, 0.15) is 0 Å². The highest BCUT2D eigenvalue weighted by molar-refractivity contribution is 6.30. The van der Waals surface area contributed by atoms with Crippen LogP contribution in [0.4, 0.5) is 0 Å². The maximum atomic E-state index is 12.6. The van der Waals surface area contributed by atoms with Crippen LogP contribution in [0.2, 0.25) is 5.02 Å². The van der Waals surface area contributed by atoms with Crippen LogP contribution in [0, 0.1) is 0 Å². The normalized spacial score (nSPS) is 10.8. The quantitative estimate of drug-likeness (QED) is 0.729. The van der Waals surface area contributed by atoms with Gasteiger partial charge in [-0.05, 0) is 35.9 Å². The second-order valence-electron chi connectivity index (χ2n) is 5.52. The fourth-order valence-corrected chi connectivity index (χ4v) is 2.60. The second-order valence-corrected chi connectivity index (χ2v) is 5.95. The molecule has 0 radical (unpaired) electrons. The van der Waals surface area contributed by atoms with Crippen LogP contribution >= 0.6 is 11.6 Å². The summed E-state index contributed by atoms with van der Waals surface area (Å²) in [7, 11) is 0. The predicted molar refractivity (Wildman–Crippen MR) is 96.0 cm³/mol. The number of hydrogen-bond donors (Lipinski definition) is 2. The number of carbonyl (C=O) groups is 1. The molecule has 0 fully saturated rings. The number of carbonyl (C=O) groups excluding carboxylic acids is 1. The van der Waals surface area contributed by atoms with Gasteiger partial charge in [-0.1, -0.05) is 23.7 Å². The lowest BCUT2D eigenvalue weighted by Crippen LogP contribution is -2.26. The van der Waals surface area contributed by atoms with Crippen molar-refractivity contribution in [3.63, 3.8) is 0 Å². The first-order chi connectivity index (χ1) is 12.1. The maximum absolute atomic E-state index is 12.6. The number of aliphatic hydroxyl groups excluding tert-OH is 1. The third-order valence-electron chi connectivity index (χ3n) is 3.75. The number of nitrogens with one attached hydrogen (secondary N) is 1. The van der Waals surface area contributed by atoms with Gasteiger partial charge in [0.25, 0.3) is 11.5 Å². The van der Waals surface area contributed by atoms with Gasteiger partial charge in [-0.25, -0.2) is 4.98 Å². The van der Waals surface area contributed by atoms with Gasteiger partial charge < -0.3 is 10.4 Å². The first-order valence-electron chi connectivity index (χ1n) is 7.71. The summed E-state index contributed by atoms with van der Waals surface area (Å²) in [6.07, 6.45) is 1.47. The Morgan fingerprint density at radius 1 is 1.20 bits per heavy atom. The number of halogens is 1. The lowest BCUT2D eigenvalue weighted by atomic mass is 10.1. The molecule has 3 rings (SSSR count). The molecule has 2 aromatic carbocycles. The first kappa shape index (κ1) is 17.1. The van der Waals surface area contributed by atoms with E-state index in [-0.39, 0.29) is 24.6 Å². The molecule has 0 unspecified atom stereocenters. The Labute approximate surface area is 148 Å². The fraction of sp³-hybridized carbons (Fsp3) is 0.167. The zero-order chi connectivity index (χ0) is 17.8. The maximum Gasteiger partial charge on any atom is 0.261 e. The highest BCUT2D eigenvalue weighted by atomic mass is 35.5. The molecule has 0 aliphatic heterocycles. The summed E-state index contributed by atoms with van der Waals surface area (Å²) >= 11 is 5.87. The van der Waals surface area contributed by atoms with E-state index < -0.39 is 0 Å². The van der Waals surface area contributed by atoms with E-state index in [1.165, 1.54) is 10.9 Å². The molecule has 25 heavy (non-hydrogen) atoms. The number of benzene rings is 2. The van der Waals surface area contributed by atoms with Crippen LogP contribution in [0.25, 0.3) is 10.9 Å². The van der Waals surface area contributed by atoms with Crippen LogP contribution in [-0.4, -0.2) is 33.7 Å². The van der Waals surface area contributed by atoms with E-state index in [0.717, 1.165) is 5.56 Å². The van der Waals surface area contributed by atoms with Crippen molar-refractivity contribution in [3.05, 3.63) is 75.3 Å². The van der Waals surface area contributed by atoms with Crippen LogP contribution < -0.4 is 10.9 Å². The minimum absolute atomic E-state index is 0.132. The van der Waals surface area contributed by atoms with Gasteiger partial charge in [0.15, 0.2) is 0 Å². The number of aliphatic hydroxyl groups is 1. The monoisotopic (exact) mass is 357 g/mol. The van der Waals surface area contributed by atoms with E-state index in [2.05, 4.69) is 10.3 Å². The van der Waals surface area contributed by atoms with Crippen LogP contribution in [0.3, 0.4) is 0 Å². The van der Waals surface area contributed by atoms with Crippen molar-refractivity contribution in [2.45, 2.75) is 6.54 Å². The van der Waals surface area contributed by atoms with Crippen molar-refractivity contribution in [3.8, 4) is 0 Å². The SMILES string of the molecule is O=C(NCCO)c1ccc2c(=O)n(Cc3ccc(Cl)cc3)cnc2c1. The van der Waals surface area contributed by atoms with E-state index in [0.29, 0.717) is 28.0 Å². The molecule has 0 aliphatic carbocycles. The Kier molecular flexibility index (Phi) is 5.11. The molecule has 0 saturated heterocycles. The zero-order valence-corrected chi connectivity index (χ0v) is 14.0. The summed E-state index contributed by atoms with van der Waals surface area (Å²) in [6, 6.07) is 12.0. The van der Waals surface area contributed by atoms with Crippen molar-refractivity contribution >= 4 is 28.4 Å². The average molecular weight is 358 g/mol. The first-order valence-corrected chi connectivity index (χ1v) is 8.09.